The van der Waals surface area contributed by atoms with Gasteiger partial charge in [0, 0.05) is 0 Å². The van der Waals surface area contributed by atoms with Crippen LogP contribution in [0.5, 0.6) is 0 Å². The normalized spacial score (nSPS) is 30.3. The molecule has 0 spiro atoms. The van der Waals surface area contributed by atoms with Crippen LogP contribution in [0.4, 0.5) is 0 Å². The van der Waals surface area contributed by atoms with Crippen molar-refractivity contribution in [2.75, 3.05) is 72.7 Å². The highest BCUT2D eigenvalue weighted by molar-refractivity contribution is 5.03. The summed E-state index contributed by atoms with van der Waals surface area (Å²) >= 11 is 0. The summed E-state index contributed by atoms with van der Waals surface area (Å²) in [5.74, 6) is -1.59. The van der Waals surface area contributed by atoms with E-state index in [0.29, 0.717) is 13.2 Å². The van der Waals surface area contributed by atoms with Crippen molar-refractivity contribution in [3.8, 4) is 0 Å². The van der Waals surface area contributed by atoms with Crippen LogP contribution in [0.25, 0.3) is 0 Å². The second kappa shape index (κ2) is 23.7. The van der Waals surface area contributed by atoms with Crippen LogP contribution in [-0.2, 0) is 52.1 Å². The van der Waals surface area contributed by atoms with Crippen LogP contribution in [0.2, 0.25) is 0 Å². The Morgan fingerprint density at radius 3 is 1.47 bits per heavy atom. The maximum Gasteiger partial charge on any atom is 0.224 e. The van der Waals surface area contributed by atoms with E-state index in [-0.39, 0.29) is 59.5 Å². The number of hydrogen-bond acceptors (Lipinski definition) is 11. The van der Waals surface area contributed by atoms with E-state index < -0.39 is 54.8 Å². The van der Waals surface area contributed by atoms with Crippen LogP contribution in [0.15, 0.2) is 101 Å². The largest absolute Gasteiger partial charge is 0.375 e. The number of rotatable bonds is 29. The third-order valence-electron chi connectivity index (χ3n) is 6.95. The molecule has 0 radical (unpaired) electrons. The Hall–Kier alpha value is -2.52. The maximum absolute atomic E-state index is 6.89. The molecular formula is C36H54O11. The van der Waals surface area contributed by atoms with Crippen LogP contribution < -0.4 is 0 Å². The summed E-state index contributed by atoms with van der Waals surface area (Å²) in [7, 11) is 0. The van der Waals surface area contributed by atoms with Gasteiger partial charge >= 0.3 is 0 Å². The van der Waals surface area contributed by atoms with Crippen LogP contribution >= 0.6 is 0 Å². The molecule has 9 atom stereocenters. The van der Waals surface area contributed by atoms with E-state index in [9.17, 15) is 0 Å². The van der Waals surface area contributed by atoms with Crippen molar-refractivity contribution in [1.82, 2.24) is 0 Å². The zero-order valence-corrected chi connectivity index (χ0v) is 27.7. The van der Waals surface area contributed by atoms with E-state index in [4.69, 9.17) is 52.1 Å². The summed E-state index contributed by atoms with van der Waals surface area (Å²) < 4.78 is 69.2. The van der Waals surface area contributed by atoms with Crippen LogP contribution in [0.3, 0.4) is 0 Å². The molecular weight excluding hydrogens is 608 g/mol. The minimum Gasteiger partial charge on any atom is -0.375 e. The lowest BCUT2D eigenvalue weighted by Crippen LogP contribution is -2.65. The molecule has 264 valence electrons. The molecule has 0 bridgehead atoms. The topological polar surface area (TPSA) is 102 Å². The Bertz CT molecular complexity index is 971. The fourth-order valence-corrected chi connectivity index (χ4v) is 5.21. The lowest BCUT2D eigenvalue weighted by molar-refractivity contribution is -0.393. The quantitative estimate of drug-likeness (QED) is 0.0848. The third kappa shape index (κ3) is 12.5. The highest BCUT2D eigenvalue weighted by Gasteiger charge is 2.61. The van der Waals surface area contributed by atoms with E-state index in [0.717, 1.165) is 0 Å². The Morgan fingerprint density at radius 1 is 0.468 bits per heavy atom. The molecule has 0 aliphatic carbocycles. The van der Waals surface area contributed by atoms with Gasteiger partial charge in [0.2, 0.25) is 5.79 Å². The third-order valence-corrected chi connectivity index (χ3v) is 6.95. The van der Waals surface area contributed by atoms with Gasteiger partial charge in [0.15, 0.2) is 6.29 Å². The predicted molar refractivity (Wildman–Crippen MR) is 180 cm³/mol. The second-order valence-electron chi connectivity index (χ2n) is 10.5. The van der Waals surface area contributed by atoms with E-state index >= 15 is 0 Å². The molecule has 0 aromatic carbocycles. The lowest BCUT2D eigenvalue weighted by Gasteiger charge is -2.48. The summed E-state index contributed by atoms with van der Waals surface area (Å²) in [5.41, 5.74) is 0. The zero-order valence-electron chi connectivity index (χ0n) is 27.7. The Morgan fingerprint density at radius 2 is 0.915 bits per heavy atom. The van der Waals surface area contributed by atoms with Crippen LogP contribution in [0.1, 0.15) is 0 Å². The maximum atomic E-state index is 6.89. The first-order valence-corrected chi connectivity index (χ1v) is 15.7. The van der Waals surface area contributed by atoms with Crippen molar-refractivity contribution >= 4 is 0 Å². The summed E-state index contributed by atoms with van der Waals surface area (Å²) in [5, 5.41) is 0. The molecule has 11 heteroatoms. The minimum absolute atomic E-state index is 0.0903. The highest BCUT2D eigenvalue weighted by Crippen LogP contribution is 2.41. The minimum atomic E-state index is -1.59. The molecule has 0 amide bonds. The van der Waals surface area contributed by atoms with Gasteiger partial charge in [-0.3, -0.25) is 0 Å². The van der Waals surface area contributed by atoms with Crippen molar-refractivity contribution < 1.29 is 52.1 Å². The van der Waals surface area contributed by atoms with E-state index in [2.05, 4.69) is 52.6 Å². The van der Waals surface area contributed by atoms with E-state index in [1.54, 1.807) is 48.6 Å². The molecule has 2 saturated heterocycles. The monoisotopic (exact) mass is 662 g/mol. The summed E-state index contributed by atoms with van der Waals surface area (Å²) in [6.45, 7) is 32.3. The van der Waals surface area contributed by atoms with Gasteiger partial charge in [-0.25, -0.2) is 0 Å². The van der Waals surface area contributed by atoms with Crippen molar-refractivity contribution in [3.63, 3.8) is 0 Å². The Balaban J connectivity index is 2.66. The smallest absolute Gasteiger partial charge is 0.224 e. The fourth-order valence-electron chi connectivity index (χ4n) is 5.21. The average Bonchev–Trinajstić information content (AvgIpc) is 3.35. The molecule has 2 rings (SSSR count). The summed E-state index contributed by atoms with van der Waals surface area (Å²) in [4.78, 5) is 0. The highest BCUT2D eigenvalue weighted by atomic mass is 16.8. The summed E-state index contributed by atoms with van der Waals surface area (Å²) in [6, 6.07) is 0. The molecule has 2 fully saturated rings. The first-order chi connectivity index (χ1) is 23.0. The predicted octanol–water partition coefficient (Wildman–Crippen LogP) is 4.29. The first kappa shape index (κ1) is 40.7. The van der Waals surface area contributed by atoms with Crippen molar-refractivity contribution in [1.29, 1.82) is 0 Å². The van der Waals surface area contributed by atoms with Crippen molar-refractivity contribution in [3.05, 3.63) is 101 Å². The zero-order chi connectivity index (χ0) is 34.3. The Kier molecular flexibility index (Phi) is 20.5. The van der Waals surface area contributed by atoms with Crippen molar-refractivity contribution in [2.45, 2.75) is 54.8 Å². The van der Waals surface area contributed by atoms with Crippen LogP contribution in [0, 0.1) is 0 Å². The molecule has 2 aliphatic heterocycles. The molecule has 0 unspecified atom stereocenters. The van der Waals surface area contributed by atoms with Crippen LogP contribution in [-0.4, -0.2) is 127 Å². The molecule has 0 aromatic rings. The van der Waals surface area contributed by atoms with Gasteiger partial charge in [-0.1, -0.05) is 48.6 Å². The van der Waals surface area contributed by atoms with Gasteiger partial charge in [-0.05, 0) is 0 Å². The second-order valence-corrected chi connectivity index (χ2v) is 10.5. The molecule has 47 heavy (non-hydrogen) atoms. The van der Waals surface area contributed by atoms with Gasteiger partial charge in [0.25, 0.3) is 0 Å². The van der Waals surface area contributed by atoms with E-state index in [1.807, 2.05) is 0 Å². The molecule has 0 saturated carbocycles. The average molecular weight is 663 g/mol. The molecule has 11 nitrogen and oxygen atoms in total. The SMILES string of the molecule is C=CCOC[C@H]1O[C@@](COCC=C)(O[C@H]2O[C@H](COCC=C)[C@@H](OCC=C)[C@H](OCC=C)[C@H]2OCC=C)[C@@H](OCC=C)[C@@H]1OCC=C. The molecule has 2 heterocycles. The van der Waals surface area contributed by atoms with E-state index in [1.165, 1.54) is 0 Å². The fraction of sp³-hybridized carbons (Fsp3) is 0.556. The van der Waals surface area contributed by atoms with Gasteiger partial charge in [-0.15, -0.1) is 52.6 Å². The Labute approximate surface area is 280 Å². The molecule has 0 N–H and O–H groups in total. The van der Waals surface area contributed by atoms with Gasteiger partial charge in [0.05, 0.1) is 66.1 Å². The lowest BCUT2D eigenvalue weighted by atomic mass is 9.97. The first-order valence-electron chi connectivity index (χ1n) is 15.7. The molecule has 0 aromatic heterocycles. The molecule has 2 aliphatic rings. The summed E-state index contributed by atoms with van der Waals surface area (Å²) in [6.07, 6.45) is 6.99. The van der Waals surface area contributed by atoms with Gasteiger partial charge in [0.1, 0.15) is 49.3 Å². The standard InChI is InChI=1S/C36H54O11/c1-9-17-37-25-28-30(40-20-12-4)32(42-22-14-6)33(43-23-15-7)35(45-28)47-36(27-39-19-11-3)34(44-24-16-8)31(41-21-13-5)29(46-36)26-38-18-10-2/h9-16,28-35H,1-8,17-27H2/t28-,29-,30-,31-,32+,33-,34+,35-,36+/m1/s1. The van der Waals surface area contributed by atoms with Gasteiger partial charge < -0.3 is 52.1 Å². The van der Waals surface area contributed by atoms with Gasteiger partial charge in [-0.2, -0.15) is 0 Å². The number of ether oxygens (including phenoxy) is 11. The number of hydrogen-bond donors (Lipinski definition) is 0. The van der Waals surface area contributed by atoms with Crippen molar-refractivity contribution in [2.24, 2.45) is 0 Å².